The van der Waals surface area contributed by atoms with Crippen molar-refractivity contribution in [1.82, 2.24) is 19.1 Å². The number of rotatable bonds is 4. The highest BCUT2D eigenvalue weighted by Crippen LogP contribution is 2.28. The number of nitrogen functional groups attached to an aromatic ring is 2. The third kappa shape index (κ3) is 5.36. The summed E-state index contributed by atoms with van der Waals surface area (Å²) in [5, 5.41) is 46.6. The van der Waals surface area contributed by atoms with E-state index in [1.807, 2.05) is 0 Å². The van der Waals surface area contributed by atoms with Crippen LogP contribution >= 0.6 is 0 Å². The predicted molar refractivity (Wildman–Crippen MR) is 110 cm³/mol. The highest BCUT2D eigenvalue weighted by Gasteiger charge is 2.43. The van der Waals surface area contributed by atoms with Gasteiger partial charge in [0.05, 0.1) is 19.3 Å². The fraction of sp³-hybridized carbons (Fsp3) is 0.556. The molecule has 0 aromatic carbocycles. The second-order valence-corrected chi connectivity index (χ2v) is 7.43. The molecule has 4 rings (SSSR count). The molecule has 0 saturated carbocycles. The van der Waals surface area contributed by atoms with E-state index in [2.05, 4.69) is 9.97 Å². The van der Waals surface area contributed by atoms with Crippen LogP contribution in [0.3, 0.4) is 0 Å². The minimum Gasteiger partial charge on any atom is -0.394 e. The Morgan fingerprint density at radius 2 is 1.42 bits per heavy atom. The molecular weight excluding hydrogens is 444 g/mol. The van der Waals surface area contributed by atoms with E-state index < -0.39 is 61.0 Å². The van der Waals surface area contributed by atoms with E-state index in [-0.39, 0.29) is 24.7 Å². The van der Waals surface area contributed by atoms with Crippen LogP contribution in [0.5, 0.6) is 0 Å². The molecule has 2 fully saturated rings. The van der Waals surface area contributed by atoms with Gasteiger partial charge in [0.15, 0.2) is 6.23 Å². The van der Waals surface area contributed by atoms with Crippen molar-refractivity contribution in [1.29, 1.82) is 0 Å². The topological polar surface area (TPSA) is 241 Å². The summed E-state index contributed by atoms with van der Waals surface area (Å²) in [5.41, 5.74) is 9.45. The van der Waals surface area contributed by atoms with Crippen LogP contribution in [0, 0.1) is 0 Å². The third-order valence-electron chi connectivity index (χ3n) is 5.19. The van der Waals surface area contributed by atoms with Crippen molar-refractivity contribution in [3.63, 3.8) is 0 Å². The molecule has 4 heterocycles. The van der Waals surface area contributed by atoms with Crippen molar-refractivity contribution in [3.8, 4) is 0 Å². The summed E-state index contributed by atoms with van der Waals surface area (Å²) >= 11 is 0. The molecule has 33 heavy (non-hydrogen) atoms. The number of aromatic nitrogens is 4. The van der Waals surface area contributed by atoms with Gasteiger partial charge in [-0.3, -0.25) is 9.13 Å². The van der Waals surface area contributed by atoms with Gasteiger partial charge in [-0.15, -0.1) is 0 Å². The fourth-order valence-corrected chi connectivity index (χ4v) is 3.42. The first-order valence-corrected chi connectivity index (χ1v) is 9.92. The predicted octanol–water partition coefficient (Wildman–Crippen LogP) is -4.10. The van der Waals surface area contributed by atoms with Crippen LogP contribution in [0.2, 0.25) is 0 Å². The quantitative estimate of drug-likeness (QED) is 0.225. The highest BCUT2D eigenvalue weighted by molar-refractivity contribution is 5.24. The van der Waals surface area contributed by atoms with Crippen LogP contribution in [0.4, 0.5) is 11.6 Å². The monoisotopic (exact) mass is 470 g/mol. The number of hydrogen-bond donors (Lipinski definition) is 7. The summed E-state index contributed by atoms with van der Waals surface area (Å²) in [6.07, 6.45) is -3.60. The molecule has 0 unspecified atom stereocenters. The highest BCUT2D eigenvalue weighted by atomic mass is 16.6. The van der Waals surface area contributed by atoms with Crippen LogP contribution in [-0.2, 0) is 9.47 Å². The average Bonchev–Trinajstić information content (AvgIpc) is 3.28. The van der Waals surface area contributed by atoms with E-state index in [1.165, 1.54) is 29.1 Å². The molecule has 7 atom stereocenters. The maximum Gasteiger partial charge on any atom is 0.351 e. The molecule has 2 aliphatic heterocycles. The zero-order valence-electron chi connectivity index (χ0n) is 17.3. The molecule has 2 aliphatic rings. The maximum atomic E-state index is 11.5. The first-order chi connectivity index (χ1) is 15.7. The number of hydrogen-bond acceptors (Lipinski definition) is 13. The van der Waals surface area contributed by atoms with Crippen LogP contribution in [0.15, 0.2) is 34.1 Å². The number of aliphatic hydroxyl groups is 5. The number of anilines is 2. The zero-order chi connectivity index (χ0) is 24.3. The van der Waals surface area contributed by atoms with Crippen molar-refractivity contribution in [2.45, 2.75) is 49.4 Å². The van der Waals surface area contributed by atoms with Crippen LogP contribution < -0.4 is 22.8 Å². The molecule has 0 radical (unpaired) electrons. The number of ether oxygens (including phenoxy) is 2. The van der Waals surface area contributed by atoms with Gasteiger partial charge in [-0.1, -0.05) is 0 Å². The summed E-state index contributed by atoms with van der Waals surface area (Å²) in [5.74, 6) is 0.191. The normalized spacial score (nSPS) is 31.2. The van der Waals surface area contributed by atoms with Crippen molar-refractivity contribution >= 4 is 11.6 Å². The summed E-state index contributed by atoms with van der Waals surface area (Å²) in [6.45, 7) is -0.735. The minimum atomic E-state index is -1.31. The van der Waals surface area contributed by atoms with Crippen molar-refractivity contribution in [2.75, 3.05) is 24.7 Å². The Bertz CT molecular complexity index is 1060. The SMILES string of the molecule is Nc1ccn([C@@H]2O[C@H](CO)[C@@H](O)[C@H]2O)c(=O)n1.Nc1ccn([C@H]2C[C@H](O)[C@@H](CO)O2)c(=O)n1. The minimum absolute atomic E-state index is 0.0537. The third-order valence-corrected chi connectivity index (χ3v) is 5.19. The molecule has 9 N–H and O–H groups in total. The molecule has 2 saturated heterocycles. The Morgan fingerprint density at radius 1 is 0.879 bits per heavy atom. The van der Waals surface area contributed by atoms with E-state index in [0.29, 0.717) is 0 Å². The number of nitrogens with two attached hydrogens (primary N) is 2. The van der Waals surface area contributed by atoms with Crippen LogP contribution in [0.1, 0.15) is 18.9 Å². The van der Waals surface area contributed by atoms with E-state index in [0.717, 1.165) is 4.57 Å². The Balaban J connectivity index is 0.000000186. The molecule has 15 heteroatoms. The lowest BCUT2D eigenvalue weighted by atomic mass is 10.1. The van der Waals surface area contributed by atoms with Gasteiger partial charge in [0, 0.05) is 18.8 Å². The van der Waals surface area contributed by atoms with Gasteiger partial charge in [-0.05, 0) is 12.1 Å². The molecule has 182 valence electrons. The standard InChI is InChI=1S/C9H13N3O5.C9H13N3O4/c10-5-1-2-12(9(16)11-5)8-7(15)6(14)4(3-13)17-8;10-7-1-2-12(9(15)11-7)8-3-5(14)6(4-13)16-8/h1-2,4,6-8,13-15H,3H2,(H2,10,11,16);1-2,5-6,8,13-14H,3-4H2,(H2,10,11,15)/t4-,6-,7-,8-;5-,6+,8+/m10/s1. The van der Waals surface area contributed by atoms with Gasteiger partial charge in [-0.2, -0.15) is 9.97 Å². The van der Waals surface area contributed by atoms with Gasteiger partial charge >= 0.3 is 11.4 Å². The Morgan fingerprint density at radius 3 is 1.88 bits per heavy atom. The number of nitrogens with zero attached hydrogens (tertiary/aromatic N) is 4. The summed E-state index contributed by atoms with van der Waals surface area (Å²) in [6, 6.07) is 2.85. The molecule has 2 aromatic heterocycles. The second kappa shape index (κ2) is 10.3. The van der Waals surface area contributed by atoms with Gasteiger partial charge < -0.3 is 46.5 Å². The van der Waals surface area contributed by atoms with Gasteiger partial charge in [-0.25, -0.2) is 9.59 Å². The van der Waals surface area contributed by atoms with Gasteiger partial charge in [0.1, 0.15) is 42.3 Å². The first kappa shape index (κ1) is 24.7. The van der Waals surface area contributed by atoms with E-state index in [9.17, 15) is 24.9 Å². The summed E-state index contributed by atoms with van der Waals surface area (Å²) < 4.78 is 12.7. The van der Waals surface area contributed by atoms with Crippen molar-refractivity contribution < 1.29 is 35.0 Å². The Hall–Kier alpha value is -2.92. The van der Waals surface area contributed by atoms with Crippen LogP contribution in [-0.4, -0.2) is 88.4 Å². The largest absolute Gasteiger partial charge is 0.394 e. The fourth-order valence-electron chi connectivity index (χ4n) is 3.42. The summed E-state index contributed by atoms with van der Waals surface area (Å²) in [7, 11) is 0. The lowest BCUT2D eigenvalue weighted by Crippen LogP contribution is -2.36. The lowest BCUT2D eigenvalue weighted by molar-refractivity contribution is -0.0549. The molecule has 0 bridgehead atoms. The van der Waals surface area contributed by atoms with Crippen molar-refractivity contribution in [3.05, 3.63) is 45.5 Å². The van der Waals surface area contributed by atoms with Gasteiger partial charge in [0.25, 0.3) is 0 Å². The van der Waals surface area contributed by atoms with E-state index in [1.54, 1.807) is 0 Å². The summed E-state index contributed by atoms with van der Waals surface area (Å²) in [4.78, 5) is 30.0. The zero-order valence-corrected chi connectivity index (χ0v) is 17.3. The lowest BCUT2D eigenvalue weighted by Gasteiger charge is -2.16. The second-order valence-electron chi connectivity index (χ2n) is 7.43. The first-order valence-electron chi connectivity index (χ1n) is 9.92. The molecule has 0 spiro atoms. The molecular formula is C18H26N6O9. The molecule has 0 amide bonds. The van der Waals surface area contributed by atoms with E-state index in [4.69, 9.17) is 31.2 Å². The Labute approximate surface area is 186 Å². The maximum absolute atomic E-state index is 11.5. The Kier molecular flexibility index (Phi) is 7.75. The average molecular weight is 470 g/mol. The van der Waals surface area contributed by atoms with Crippen molar-refractivity contribution in [2.24, 2.45) is 0 Å². The van der Waals surface area contributed by atoms with Gasteiger partial charge in [0.2, 0.25) is 0 Å². The van der Waals surface area contributed by atoms with Crippen LogP contribution in [0.25, 0.3) is 0 Å². The molecule has 2 aromatic rings. The number of aliphatic hydroxyl groups excluding tert-OH is 5. The molecule has 15 nitrogen and oxygen atoms in total. The molecule has 0 aliphatic carbocycles. The van der Waals surface area contributed by atoms with E-state index >= 15 is 0 Å². The smallest absolute Gasteiger partial charge is 0.351 e.